The maximum absolute atomic E-state index is 13.3. The molecule has 1 heterocycles. The van der Waals surface area contributed by atoms with Crippen LogP contribution in [0.5, 0.6) is 5.75 Å². The van der Waals surface area contributed by atoms with Crippen molar-refractivity contribution in [2.45, 2.75) is 57.9 Å². The van der Waals surface area contributed by atoms with Crippen LogP contribution < -0.4 is 21.5 Å². The quantitative estimate of drug-likeness (QED) is 0.519. The predicted molar refractivity (Wildman–Crippen MR) is 125 cm³/mol. The van der Waals surface area contributed by atoms with Crippen LogP contribution in [0.25, 0.3) is 0 Å². The number of hydrogen-bond donors (Lipinski definition) is 3. The van der Waals surface area contributed by atoms with Crippen LogP contribution in [0.15, 0.2) is 21.9 Å². The Balaban J connectivity index is 1.64. The van der Waals surface area contributed by atoms with Gasteiger partial charge in [-0.25, -0.2) is 4.98 Å². The summed E-state index contributed by atoms with van der Waals surface area (Å²) in [5.41, 5.74) is -1.76. The van der Waals surface area contributed by atoms with Crippen molar-refractivity contribution in [2.75, 3.05) is 24.7 Å². The Labute approximate surface area is 191 Å². The zero-order valence-electron chi connectivity index (χ0n) is 19.2. The highest BCUT2D eigenvalue weighted by Crippen LogP contribution is 2.44. The SMILES string of the molecule is CN(C)C(=O)c1nccc(Nc2c(NC(C(=O)C3CCC3)C3(C)CCCC3)c(=O)c2=O)c1O. The first-order chi connectivity index (χ1) is 15.6. The van der Waals surface area contributed by atoms with Crippen molar-refractivity contribution in [1.29, 1.82) is 0 Å². The van der Waals surface area contributed by atoms with E-state index in [4.69, 9.17) is 0 Å². The molecule has 1 aromatic heterocycles. The zero-order chi connectivity index (χ0) is 23.9. The van der Waals surface area contributed by atoms with Crippen LogP contribution in [0.2, 0.25) is 0 Å². The van der Waals surface area contributed by atoms with Crippen LogP contribution in [-0.4, -0.2) is 46.8 Å². The van der Waals surface area contributed by atoms with E-state index in [1.807, 2.05) is 0 Å². The Kier molecular flexibility index (Phi) is 5.99. The minimum Gasteiger partial charge on any atom is -0.504 e. The van der Waals surface area contributed by atoms with Gasteiger partial charge in [0.2, 0.25) is 0 Å². The van der Waals surface area contributed by atoms with E-state index in [1.54, 1.807) is 0 Å². The number of aromatic nitrogens is 1. The number of pyridine rings is 1. The number of carbonyl (C=O) groups excluding carboxylic acids is 2. The van der Waals surface area contributed by atoms with Gasteiger partial charge in [0.05, 0.1) is 11.7 Å². The molecule has 4 rings (SSSR count). The molecule has 2 fully saturated rings. The number of aromatic hydroxyl groups is 1. The third kappa shape index (κ3) is 4.00. The van der Waals surface area contributed by atoms with Crippen LogP contribution in [0.3, 0.4) is 0 Å². The number of ketones is 1. The van der Waals surface area contributed by atoms with E-state index in [9.17, 15) is 24.3 Å². The van der Waals surface area contributed by atoms with Crippen LogP contribution in [0, 0.1) is 11.3 Å². The zero-order valence-corrected chi connectivity index (χ0v) is 19.2. The van der Waals surface area contributed by atoms with Gasteiger partial charge in [-0.2, -0.15) is 0 Å². The van der Waals surface area contributed by atoms with Gasteiger partial charge in [-0.1, -0.05) is 26.2 Å². The summed E-state index contributed by atoms with van der Waals surface area (Å²) < 4.78 is 0. The molecule has 0 radical (unpaired) electrons. The molecule has 2 aromatic rings. The Morgan fingerprint density at radius 2 is 1.76 bits per heavy atom. The highest BCUT2D eigenvalue weighted by Gasteiger charge is 2.45. The molecule has 33 heavy (non-hydrogen) atoms. The van der Waals surface area contributed by atoms with E-state index in [0.717, 1.165) is 44.9 Å². The van der Waals surface area contributed by atoms with Gasteiger partial charge in [-0.15, -0.1) is 0 Å². The Morgan fingerprint density at radius 1 is 1.12 bits per heavy atom. The lowest BCUT2D eigenvalue weighted by Gasteiger charge is -2.39. The fraction of sp³-hybridized carbons (Fsp3) is 0.542. The second-order valence-corrected chi connectivity index (χ2v) is 9.76. The number of nitrogens with one attached hydrogen (secondary N) is 2. The normalized spacial score (nSPS) is 18.5. The summed E-state index contributed by atoms with van der Waals surface area (Å²) >= 11 is 0. The highest BCUT2D eigenvalue weighted by atomic mass is 16.3. The average molecular weight is 455 g/mol. The molecular formula is C24H30N4O5. The molecule has 176 valence electrons. The summed E-state index contributed by atoms with van der Waals surface area (Å²) in [5.74, 6) is -0.818. The molecule has 9 heteroatoms. The summed E-state index contributed by atoms with van der Waals surface area (Å²) in [4.78, 5) is 55.6. The summed E-state index contributed by atoms with van der Waals surface area (Å²) in [6, 6.07) is 0.864. The minimum atomic E-state index is -0.736. The monoisotopic (exact) mass is 454 g/mol. The summed E-state index contributed by atoms with van der Waals surface area (Å²) in [5, 5.41) is 16.5. The van der Waals surface area contributed by atoms with E-state index in [1.165, 1.54) is 31.3 Å². The second-order valence-electron chi connectivity index (χ2n) is 9.76. The Bertz CT molecular complexity index is 1150. The number of Topliss-reactive ketones (excluding diaryl/α,β-unsaturated/α-hetero) is 1. The lowest BCUT2D eigenvalue weighted by atomic mass is 9.71. The summed E-state index contributed by atoms with van der Waals surface area (Å²) in [7, 11) is 3.07. The van der Waals surface area contributed by atoms with E-state index in [-0.39, 0.29) is 39.9 Å². The standard InChI is InChI=1S/C24H30N4O5/c1-24(10-4-5-11-24)22(18(29)13-7-6-8-13)27-16-15(20(31)21(16)32)26-14-9-12-25-17(19(14)30)23(33)28(2)3/h9,12-13,22,27,30H,4-8,10-11H2,1-3H3,(H,25,26). The third-order valence-corrected chi connectivity index (χ3v) is 7.23. The van der Waals surface area contributed by atoms with Crippen molar-refractivity contribution >= 4 is 28.8 Å². The van der Waals surface area contributed by atoms with Crippen molar-refractivity contribution < 1.29 is 14.7 Å². The number of hydrogen-bond acceptors (Lipinski definition) is 8. The molecule has 0 aliphatic heterocycles. The van der Waals surface area contributed by atoms with Crippen molar-refractivity contribution in [1.82, 2.24) is 9.88 Å². The summed E-state index contributed by atoms with van der Waals surface area (Å²) in [6.07, 6.45) is 7.89. The van der Waals surface area contributed by atoms with Gasteiger partial charge in [0.15, 0.2) is 17.2 Å². The van der Waals surface area contributed by atoms with E-state index in [2.05, 4.69) is 22.5 Å². The molecule has 0 bridgehead atoms. The molecule has 2 aliphatic carbocycles. The van der Waals surface area contributed by atoms with Gasteiger partial charge in [0.25, 0.3) is 16.8 Å². The molecule has 1 aromatic carbocycles. The smallest absolute Gasteiger partial charge is 0.275 e. The summed E-state index contributed by atoms with van der Waals surface area (Å²) in [6.45, 7) is 2.07. The number of rotatable bonds is 8. The number of carbonyl (C=O) groups is 2. The fourth-order valence-corrected chi connectivity index (χ4v) is 4.84. The molecule has 0 saturated heterocycles. The molecule has 0 spiro atoms. The third-order valence-electron chi connectivity index (χ3n) is 7.23. The number of amides is 1. The maximum Gasteiger partial charge on any atom is 0.275 e. The first-order valence-electron chi connectivity index (χ1n) is 11.4. The molecule has 9 nitrogen and oxygen atoms in total. The van der Waals surface area contributed by atoms with Crippen molar-refractivity contribution in [3.8, 4) is 5.75 Å². The van der Waals surface area contributed by atoms with Crippen molar-refractivity contribution in [2.24, 2.45) is 11.3 Å². The second kappa shape index (κ2) is 8.61. The van der Waals surface area contributed by atoms with Crippen molar-refractivity contribution in [3.05, 3.63) is 38.4 Å². The van der Waals surface area contributed by atoms with Gasteiger partial charge in [0.1, 0.15) is 11.4 Å². The Morgan fingerprint density at radius 3 is 2.33 bits per heavy atom. The molecule has 1 atom stereocenters. The number of anilines is 3. The lowest BCUT2D eigenvalue weighted by Crippen LogP contribution is -2.50. The van der Waals surface area contributed by atoms with E-state index < -0.39 is 28.6 Å². The lowest BCUT2D eigenvalue weighted by molar-refractivity contribution is -0.128. The molecule has 2 aliphatic rings. The first kappa shape index (κ1) is 22.9. The van der Waals surface area contributed by atoms with Crippen molar-refractivity contribution in [3.63, 3.8) is 0 Å². The molecule has 1 unspecified atom stereocenters. The molecule has 2 saturated carbocycles. The average Bonchev–Trinajstić information content (AvgIpc) is 3.19. The largest absolute Gasteiger partial charge is 0.504 e. The van der Waals surface area contributed by atoms with Crippen LogP contribution in [0.4, 0.5) is 17.1 Å². The van der Waals surface area contributed by atoms with Crippen LogP contribution >= 0.6 is 0 Å². The maximum atomic E-state index is 13.3. The van der Waals surface area contributed by atoms with Gasteiger partial charge >= 0.3 is 0 Å². The Hall–Kier alpha value is -3.23. The van der Waals surface area contributed by atoms with Crippen LogP contribution in [-0.2, 0) is 4.79 Å². The van der Waals surface area contributed by atoms with Gasteiger partial charge < -0.3 is 20.6 Å². The highest BCUT2D eigenvalue weighted by molar-refractivity contribution is 5.97. The predicted octanol–water partition coefficient (Wildman–Crippen LogP) is 2.56. The van der Waals surface area contributed by atoms with Gasteiger partial charge in [-0.3, -0.25) is 19.2 Å². The molecule has 1 amide bonds. The molecule has 3 N–H and O–H groups in total. The van der Waals surface area contributed by atoms with E-state index in [0.29, 0.717) is 0 Å². The number of nitrogens with zero attached hydrogens (tertiary/aromatic N) is 2. The van der Waals surface area contributed by atoms with Gasteiger partial charge in [0, 0.05) is 26.2 Å². The molecular weight excluding hydrogens is 424 g/mol. The first-order valence-corrected chi connectivity index (χ1v) is 11.4. The minimum absolute atomic E-state index is 0.00772. The van der Waals surface area contributed by atoms with Gasteiger partial charge in [-0.05, 0) is 37.2 Å². The van der Waals surface area contributed by atoms with Crippen LogP contribution in [0.1, 0.15) is 62.4 Å². The topological polar surface area (TPSA) is 129 Å². The fourth-order valence-electron chi connectivity index (χ4n) is 4.84. The van der Waals surface area contributed by atoms with E-state index >= 15 is 0 Å².